The van der Waals surface area contributed by atoms with Gasteiger partial charge in [-0.3, -0.25) is 14.8 Å². The summed E-state index contributed by atoms with van der Waals surface area (Å²) in [5.41, 5.74) is 4.45. The van der Waals surface area contributed by atoms with Crippen molar-refractivity contribution >= 4 is 23.2 Å². The molecular weight excluding hydrogens is 384 g/mol. The molecule has 2 amide bonds. The molecule has 0 unspecified atom stereocenters. The number of carbonyl (C=O) groups is 2. The van der Waals surface area contributed by atoms with Gasteiger partial charge in [0, 0.05) is 15.8 Å². The summed E-state index contributed by atoms with van der Waals surface area (Å²) < 4.78 is 0. The molecule has 3 N–H and O–H groups in total. The molecule has 0 radical (unpaired) electrons. The Morgan fingerprint density at radius 1 is 0.897 bits per heavy atom. The molecule has 0 saturated carbocycles. The van der Waals surface area contributed by atoms with Gasteiger partial charge in [-0.15, -0.1) is 11.3 Å². The first-order valence-corrected chi connectivity index (χ1v) is 10.2. The van der Waals surface area contributed by atoms with E-state index in [4.69, 9.17) is 5.21 Å². The van der Waals surface area contributed by atoms with Gasteiger partial charge in [0.15, 0.2) is 0 Å². The molecule has 0 aliphatic heterocycles. The minimum Gasteiger partial charge on any atom is -0.344 e. The summed E-state index contributed by atoms with van der Waals surface area (Å²) in [6.07, 6.45) is 0. The van der Waals surface area contributed by atoms with Crippen molar-refractivity contribution in [1.82, 2.24) is 10.8 Å². The SMILES string of the molecule is CC(C)(C)[C@H](NC(=O)c1ccc(-c2ccccc2)cc1)c1cc(C(=O)NO)cs1. The normalized spacial score (nSPS) is 12.3. The smallest absolute Gasteiger partial charge is 0.275 e. The molecule has 1 heterocycles. The first-order valence-electron chi connectivity index (χ1n) is 9.29. The second-order valence-electron chi connectivity index (χ2n) is 7.89. The summed E-state index contributed by atoms with van der Waals surface area (Å²) in [4.78, 5) is 25.4. The molecule has 150 valence electrons. The van der Waals surface area contributed by atoms with Crippen LogP contribution in [0.4, 0.5) is 0 Å². The number of hydrogen-bond donors (Lipinski definition) is 3. The maximum atomic E-state index is 12.9. The maximum Gasteiger partial charge on any atom is 0.275 e. The van der Waals surface area contributed by atoms with Crippen molar-refractivity contribution < 1.29 is 14.8 Å². The molecule has 3 aromatic rings. The van der Waals surface area contributed by atoms with Gasteiger partial charge in [0.25, 0.3) is 11.8 Å². The number of hydrogen-bond acceptors (Lipinski definition) is 4. The minimum atomic E-state index is -0.567. The Labute approximate surface area is 174 Å². The van der Waals surface area contributed by atoms with E-state index in [1.54, 1.807) is 16.9 Å². The number of carbonyl (C=O) groups excluding carboxylic acids is 2. The molecule has 2 aromatic carbocycles. The fourth-order valence-electron chi connectivity index (χ4n) is 3.06. The fraction of sp³-hybridized carbons (Fsp3) is 0.217. The minimum absolute atomic E-state index is 0.175. The standard InChI is InChI=1S/C23H24N2O3S/c1-23(2,3)20(19-13-18(14-29-19)22(27)25-28)24-21(26)17-11-9-16(10-12-17)15-7-5-4-6-8-15/h4-14,20,28H,1-3H3,(H,24,26)(H,25,27)/t20-/m1/s1. The van der Waals surface area contributed by atoms with Crippen LogP contribution in [0.3, 0.4) is 0 Å². The number of hydroxylamine groups is 1. The zero-order valence-corrected chi connectivity index (χ0v) is 17.4. The highest BCUT2D eigenvalue weighted by Gasteiger charge is 2.30. The number of amides is 2. The van der Waals surface area contributed by atoms with Crippen LogP contribution < -0.4 is 10.8 Å². The van der Waals surface area contributed by atoms with E-state index in [1.807, 2.05) is 75.4 Å². The lowest BCUT2D eigenvalue weighted by Gasteiger charge is -2.30. The summed E-state index contributed by atoms with van der Waals surface area (Å²) in [6.45, 7) is 6.09. The van der Waals surface area contributed by atoms with Gasteiger partial charge >= 0.3 is 0 Å². The molecule has 0 spiro atoms. The zero-order chi connectivity index (χ0) is 21.0. The third-order valence-electron chi connectivity index (χ3n) is 4.66. The van der Waals surface area contributed by atoms with Crippen LogP contribution in [-0.2, 0) is 0 Å². The molecule has 6 heteroatoms. The van der Waals surface area contributed by atoms with Gasteiger partial charge in [-0.2, -0.15) is 0 Å². The van der Waals surface area contributed by atoms with Crippen molar-refractivity contribution in [3.63, 3.8) is 0 Å². The molecule has 5 nitrogen and oxygen atoms in total. The Morgan fingerprint density at radius 2 is 1.52 bits per heavy atom. The Hall–Kier alpha value is -2.96. The number of benzene rings is 2. The largest absolute Gasteiger partial charge is 0.344 e. The van der Waals surface area contributed by atoms with Gasteiger partial charge in [-0.1, -0.05) is 63.2 Å². The van der Waals surface area contributed by atoms with Crippen LogP contribution in [0.15, 0.2) is 66.0 Å². The Bertz CT molecular complexity index is 989. The zero-order valence-electron chi connectivity index (χ0n) is 16.6. The molecule has 1 aromatic heterocycles. The lowest BCUT2D eigenvalue weighted by Crippen LogP contribution is -2.36. The Balaban J connectivity index is 1.80. The first-order chi connectivity index (χ1) is 13.8. The number of nitrogens with one attached hydrogen (secondary N) is 2. The summed E-state index contributed by atoms with van der Waals surface area (Å²) >= 11 is 1.38. The predicted octanol–water partition coefficient (Wildman–Crippen LogP) is 5.05. The van der Waals surface area contributed by atoms with Gasteiger partial charge in [0.1, 0.15) is 0 Å². The molecule has 3 rings (SSSR count). The second-order valence-corrected chi connectivity index (χ2v) is 8.84. The molecule has 0 saturated heterocycles. The van der Waals surface area contributed by atoms with Crippen molar-refractivity contribution in [2.75, 3.05) is 0 Å². The molecule has 29 heavy (non-hydrogen) atoms. The van der Waals surface area contributed by atoms with Crippen LogP contribution in [0.1, 0.15) is 52.4 Å². The van der Waals surface area contributed by atoms with Crippen LogP contribution in [0.2, 0.25) is 0 Å². The van der Waals surface area contributed by atoms with Crippen LogP contribution in [0.25, 0.3) is 11.1 Å². The third kappa shape index (κ3) is 4.91. The number of rotatable bonds is 5. The predicted molar refractivity (Wildman–Crippen MR) is 115 cm³/mol. The van der Waals surface area contributed by atoms with E-state index in [0.717, 1.165) is 16.0 Å². The third-order valence-corrected chi connectivity index (χ3v) is 5.66. The average molecular weight is 409 g/mol. The second kappa shape index (κ2) is 8.59. The summed E-state index contributed by atoms with van der Waals surface area (Å²) in [6, 6.07) is 18.9. The summed E-state index contributed by atoms with van der Waals surface area (Å²) in [7, 11) is 0. The van der Waals surface area contributed by atoms with Gasteiger partial charge in [0.2, 0.25) is 0 Å². The summed E-state index contributed by atoms with van der Waals surface area (Å²) in [5.74, 6) is -0.742. The van der Waals surface area contributed by atoms with Gasteiger partial charge in [-0.05, 0) is 34.7 Å². The molecule has 0 bridgehead atoms. The quantitative estimate of drug-likeness (QED) is 0.408. The van der Waals surface area contributed by atoms with Gasteiger partial charge in [-0.25, -0.2) is 5.48 Å². The highest BCUT2D eigenvalue weighted by Crippen LogP contribution is 2.36. The highest BCUT2D eigenvalue weighted by molar-refractivity contribution is 7.10. The van der Waals surface area contributed by atoms with Crippen molar-refractivity contribution in [1.29, 1.82) is 0 Å². The highest BCUT2D eigenvalue weighted by atomic mass is 32.1. The average Bonchev–Trinajstić information content (AvgIpc) is 3.21. The Kier molecular flexibility index (Phi) is 6.15. The molecule has 1 atom stereocenters. The van der Waals surface area contributed by atoms with E-state index in [-0.39, 0.29) is 17.4 Å². The lowest BCUT2D eigenvalue weighted by atomic mass is 9.85. The van der Waals surface area contributed by atoms with Crippen molar-refractivity contribution in [2.24, 2.45) is 5.41 Å². The van der Waals surface area contributed by atoms with Crippen LogP contribution in [-0.4, -0.2) is 17.0 Å². The van der Waals surface area contributed by atoms with Gasteiger partial charge < -0.3 is 5.32 Å². The van der Waals surface area contributed by atoms with Crippen LogP contribution in [0.5, 0.6) is 0 Å². The van der Waals surface area contributed by atoms with Crippen molar-refractivity contribution in [2.45, 2.75) is 26.8 Å². The lowest BCUT2D eigenvalue weighted by molar-refractivity contribution is 0.0706. The van der Waals surface area contributed by atoms with Crippen LogP contribution in [0, 0.1) is 5.41 Å². The molecule has 0 fully saturated rings. The van der Waals surface area contributed by atoms with E-state index in [0.29, 0.717) is 11.1 Å². The number of thiophene rings is 1. The van der Waals surface area contributed by atoms with E-state index < -0.39 is 5.91 Å². The van der Waals surface area contributed by atoms with Gasteiger partial charge in [0.05, 0.1) is 11.6 Å². The molecule has 0 aliphatic carbocycles. The topological polar surface area (TPSA) is 78.4 Å². The fourth-order valence-corrected chi connectivity index (χ4v) is 4.24. The summed E-state index contributed by atoms with van der Waals surface area (Å²) in [5, 5.41) is 13.6. The first kappa shape index (κ1) is 20.8. The van der Waals surface area contributed by atoms with E-state index in [9.17, 15) is 9.59 Å². The van der Waals surface area contributed by atoms with E-state index in [1.165, 1.54) is 11.3 Å². The maximum absolute atomic E-state index is 12.9. The Morgan fingerprint density at radius 3 is 2.10 bits per heavy atom. The monoisotopic (exact) mass is 408 g/mol. The van der Waals surface area contributed by atoms with Crippen LogP contribution >= 0.6 is 11.3 Å². The molecule has 0 aliphatic rings. The molecular formula is C23H24N2O3S. The van der Waals surface area contributed by atoms with E-state index >= 15 is 0 Å². The van der Waals surface area contributed by atoms with E-state index in [2.05, 4.69) is 5.32 Å². The van der Waals surface area contributed by atoms with Crippen molar-refractivity contribution in [3.8, 4) is 11.1 Å². The van der Waals surface area contributed by atoms with Crippen molar-refractivity contribution in [3.05, 3.63) is 82.0 Å².